The maximum Gasteiger partial charge on any atom is 0.425 e. The maximum absolute atomic E-state index is 13.0. The highest BCUT2D eigenvalue weighted by Crippen LogP contribution is 2.04. The van der Waals surface area contributed by atoms with Gasteiger partial charge < -0.3 is 4.42 Å². The van der Waals surface area contributed by atoms with Crippen LogP contribution in [0.1, 0.15) is 117 Å². The number of rotatable bonds is 18. The van der Waals surface area contributed by atoms with Gasteiger partial charge in [-0.05, 0) is 19.3 Å². The third kappa shape index (κ3) is 10.4. The largest absolute Gasteiger partial charge is 0.425 e. The summed E-state index contributed by atoms with van der Waals surface area (Å²) in [6.45, 7) is 8.16. The van der Waals surface area contributed by atoms with Gasteiger partial charge in [0.15, 0.2) is 0 Å². The van der Waals surface area contributed by atoms with Gasteiger partial charge in [-0.1, -0.05) is 97.8 Å². The summed E-state index contributed by atoms with van der Waals surface area (Å²) < 4.78 is 8.36. The van der Waals surface area contributed by atoms with Crippen LogP contribution in [0, 0.1) is 0 Å². The zero-order valence-corrected chi connectivity index (χ0v) is 19.8. The Morgan fingerprint density at radius 3 is 1.63 bits per heavy atom. The molecule has 0 radical (unpaired) electrons. The Morgan fingerprint density at radius 1 is 0.633 bits per heavy atom. The standard InChI is InChI=1S/C24H45N3O3/c1-4-7-10-13-16-19-25-22-26(20-17-14-11-8-5-2)23(28)27(24(29)30-22)21-18-15-12-9-6-3/h4-21H2,1-3H3/b25-22-. The molecular weight excluding hydrogens is 378 g/mol. The molecule has 0 amide bonds. The summed E-state index contributed by atoms with van der Waals surface area (Å²) in [5, 5.41) is 0. The van der Waals surface area contributed by atoms with E-state index in [9.17, 15) is 9.59 Å². The van der Waals surface area contributed by atoms with Crippen molar-refractivity contribution in [3.63, 3.8) is 0 Å². The number of aromatic nitrogens is 2. The first kappa shape index (κ1) is 26.4. The van der Waals surface area contributed by atoms with Gasteiger partial charge in [0.25, 0.3) is 0 Å². The average molecular weight is 424 g/mol. The summed E-state index contributed by atoms with van der Waals surface area (Å²) in [4.78, 5) is 30.0. The van der Waals surface area contributed by atoms with E-state index in [1.54, 1.807) is 4.57 Å². The molecule has 0 atom stereocenters. The molecule has 0 aliphatic heterocycles. The van der Waals surface area contributed by atoms with Crippen molar-refractivity contribution in [3.8, 4) is 0 Å². The van der Waals surface area contributed by atoms with Gasteiger partial charge in [0.1, 0.15) is 0 Å². The zero-order chi connectivity index (χ0) is 22.0. The molecule has 6 heteroatoms. The summed E-state index contributed by atoms with van der Waals surface area (Å²) in [5.74, 6) is -0.567. The van der Waals surface area contributed by atoms with Crippen LogP contribution in [-0.4, -0.2) is 15.7 Å². The lowest BCUT2D eigenvalue weighted by Crippen LogP contribution is -2.47. The molecule has 1 aromatic heterocycles. The van der Waals surface area contributed by atoms with E-state index < -0.39 is 5.76 Å². The Hall–Kier alpha value is -1.59. The predicted octanol–water partition coefficient (Wildman–Crippen LogP) is 5.41. The third-order valence-corrected chi connectivity index (χ3v) is 5.57. The molecule has 1 heterocycles. The van der Waals surface area contributed by atoms with Crippen LogP contribution >= 0.6 is 0 Å². The van der Waals surface area contributed by atoms with Crippen molar-refractivity contribution in [1.82, 2.24) is 9.13 Å². The molecule has 1 aromatic rings. The summed E-state index contributed by atoms with van der Waals surface area (Å²) in [5.41, 5.74) is -0.0554. The minimum Gasteiger partial charge on any atom is -0.375 e. The Morgan fingerprint density at radius 2 is 1.10 bits per heavy atom. The van der Waals surface area contributed by atoms with Crippen LogP contribution in [0.3, 0.4) is 0 Å². The quantitative estimate of drug-likeness (QED) is 0.296. The number of unbranched alkanes of at least 4 members (excludes halogenated alkanes) is 12. The molecule has 0 bridgehead atoms. The van der Waals surface area contributed by atoms with Crippen molar-refractivity contribution in [2.45, 2.75) is 130 Å². The maximum atomic E-state index is 13.0. The lowest BCUT2D eigenvalue weighted by Gasteiger charge is -2.10. The minimum atomic E-state index is -0.567. The summed E-state index contributed by atoms with van der Waals surface area (Å²) >= 11 is 0. The number of nitrogens with zero attached hydrogens (tertiary/aromatic N) is 3. The minimum absolute atomic E-state index is 0.207. The summed E-state index contributed by atoms with van der Waals surface area (Å²) in [6, 6.07) is 0. The van der Waals surface area contributed by atoms with Gasteiger partial charge in [0.05, 0.1) is 0 Å². The number of hydrogen-bond donors (Lipinski definition) is 0. The average Bonchev–Trinajstić information content (AvgIpc) is 2.74. The van der Waals surface area contributed by atoms with E-state index in [2.05, 4.69) is 25.8 Å². The van der Waals surface area contributed by atoms with E-state index in [4.69, 9.17) is 4.42 Å². The summed E-state index contributed by atoms with van der Waals surface area (Å²) in [7, 11) is 0. The molecule has 0 saturated carbocycles. The van der Waals surface area contributed by atoms with Crippen LogP contribution < -0.4 is 17.1 Å². The Labute approximate surface area is 182 Å². The molecule has 0 saturated heterocycles. The van der Waals surface area contributed by atoms with Crippen molar-refractivity contribution in [3.05, 3.63) is 26.7 Å². The molecule has 174 valence electrons. The monoisotopic (exact) mass is 423 g/mol. The van der Waals surface area contributed by atoms with Gasteiger partial charge in [-0.3, -0.25) is 0 Å². The van der Waals surface area contributed by atoms with Crippen molar-refractivity contribution < 1.29 is 4.42 Å². The molecule has 6 nitrogen and oxygen atoms in total. The van der Waals surface area contributed by atoms with Crippen molar-refractivity contribution in [2.75, 3.05) is 6.54 Å². The van der Waals surface area contributed by atoms with E-state index in [1.165, 1.54) is 55.9 Å². The van der Waals surface area contributed by atoms with Gasteiger partial charge in [-0.25, -0.2) is 23.7 Å². The molecule has 0 unspecified atom stereocenters. The van der Waals surface area contributed by atoms with Crippen molar-refractivity contribution in [2.24, 2.45) is 4.99 Å². The van der Waals surface area contributed by atoms with Crippen LogP contribution in [-0.2, 0) is 13.1 Å². The first-order valence-corrected chi connectivity index (χ1v) is 12.5. The van der Waals surface area contributed by atoms with Gasteiger partial charge in [-0.2, -0.15) is 0 Å². The molecule has 0 aromatic carbocycles. The van der Waals surface area contributed by atoms with E-state index in [0.717, 1.165) is 44.9 Å². The van der Waals surface area contributed by atoms with Crippen LogP contribution in [0.15, 0.2) is 19.0 Å². The van der Waals surface area contributed by atoms with E-state index >= 15 is 0 Å². The predicted molar refractivity (Wildman–Crippen MR) is 124 cm³/mol. The second-order valence-electron chi connectivity index (χ2n) is 8.36. The highest BCUT2D eigenvalue weighted by Gasteiger charge is 2.10. The molecule has 0 N–H and O–H groups in total. The highest BCUT2D eigenvalue weighted by molar-refractivity contribution is 4.71. The molecule has 30 heavy (non-hydrogen) atoms. The Bertz CT molecular complexity index is 730. The molecule has 0 aliphatic rings. The van der Waals surface area contributed by atoms with Crippen molar-refractivity contribution >= 4 is 0 Å². The molecular formula is C24H45N3O3. The molecule has 0 spiro atoms. The SMILES string of the molecule is CCCCCCC/N=c1\oc(=O)n(CCCCCCC)c(=O)n1CCCCCCC. The first-order chi connectivity index (χ1) is 14.7. The Balaban J connectivity index is 2.89. The van der Waals surface area contributed by atoms with Gasteiger partial charge >= 0.3 is 17.1 Å². The Kier molecular flexibility index (Phi) is 15.1. The van der Waals surface area contributed by atoms with Gasteiger partial charge in [0, 0.05) is 19.6 Å². The van der Waals surface area contributed by atoms with Crippen LogP contribution in [0.2, 0.25) is 0 Å². The third-order valence-electron chi connectivity index (χ3n) is 5.57. The smallest absolute Gasteiger partial charge is 0.375 e. The van der Waals surface area contributed by atoms with Crippen LogP contribution in [0.4, 0.5) is 0 Å². The fraction of sp³-hybridized carbons (Fsp3) is 0.875. The van der Waals surface area contributed by atoms with Crippen LogP contribution in [0.25, 0.3) is 0 Å². The number of hydrogen-bond acceptors (Lipinski definition) is 4. The molecule has 0 aliphatic carbocycles. The fourth-order valence-electron chi connectivity index (χ4n) is 3.63. The normalized spacial score (nSPS) is 12.0. The van der Waals surface area contributed by atoms with Gasteiger partial charge in [0.2, 0.25) is 0 Å². The fourth-order valence-corrected chi connectivity index (χ4v) is 3.63. The highest BCUT2D eigenvalue weighted by atomic mass is 16.4. The van der Waals surface area contributed by atoms with E-state index in [0.29, 0.717) is 19.6 Å². The van der Waals surface area contributed by atoms with Crippen molar-refractivity contribution in [1.29, 1.82) is 0 Å². The summed E-state index contributed by atoms with van der Waals surface area (Å²) in [6.07, 6.45) is 16.6. The second kappa shape index (κ2) is 17.1. The van der Waals surface area contributed by atoms with E-state index in [-0.39, 0.29) is 11.4 Å². The zero-order valence-electron chi connectivity index (χ0n) is 19.8. The molecule has 0 fully saturated rings. The van der Waals surface area contributed by atoms with Gasteiger partial charge in [-0.15, -0.1) is 0 Å². The lowest BCUT2D eigenvalue weighted by atomic mass is 10.1. The lowest BCUT2D eigenvalue weighted by molar-refractivity contribution is 0.300. The second-order valence-corrected chi connectivity index (χ2v) is 8.36. The van der Waals surface area contributed by atoms with E-state index in [1.807, 2.05) is 0 Å². The van der Waals surface area contributed by atoms with Crippen LogP contribution in [0.5, 0.6) is 0 Å². The molecule has 1 rings (SSSR count). The first-order valence-electron chi connectivity index (χ1n) is 12.5. The topological polar surface area (TPSA) is 69.5 Å².